The summed E-state index contributed by atoms with van der Waals surface area (Å²) in [6.07, 6.45) is 1.86. The van der Waals surface area contributed by atoms with E-state index in [1.165, 1.54) is 22.9 Å². The molecule has 2 heterocycles. The van der Waals surface area contributed by atoms with Gasteiger partial charge in [0.15, 0.2) is 11.0 Å². The number of hydrogen-bond acceptors (Lipinski definition) is 5. The summed E-state index contributed by atoms with van der Waals surface area (Å²) < 4.78 is 2.17. The maximum Gasteiger partial charge on any atom is 0.237 e. The molecule has 6 nitrogen and oxygen atoms in total. The molecule has 0 saturated heterocycles. The molecule has 1 aliphatic rings. The van der Waals surface area contributed by atoms with Gasteiger partial charge in [0.25, 0.3) is 0 Å². The van der Waals surface area contributed by atoms with Crippen LogP contribution < -0.4 is 4.90 Å². The van der Waals surface area contributed by atoms with Gasteiger partial charge in [-0.1, -0.05) is 67.2 Å². The number of amides is 1. The SMILES string of the molecule is CC[C@@H](c1nnc(SCC(=O)N2CCc3ccccc32)n1Cc1ccccc1)N(C)C. The monoisotopic (exact) mass is 435 g/mol. The van der Waals surface area contributed by atoms with Crippen LogP contribution in [0.1, 0.15) is 36.3 Å². The zero-order valence-corrected chi connectivity index (χ0v) is 19.2. The van der Waals surface area contributed by atoms with Crippen LogP contribution in [0.4, 0.5) is 5.69 Å². The highest BCUT2D eigenvalue weighted by Gasteiger charge is 2.26. The average molecular weight is 436 g/mol. The fourth-order valence-electron chi connectivity index (χ4n) is 4.15. The fraction of sp³-hybridized carbons (Fsp3) is 0.375. The second-order valence-electron chi connectivity index (χ2n) is 8.01. The molecule has 1 aliphatic heterocycles. The van der Waals surface area contributed by atoms with Gasteiger partial charge >= 0.3 is 0 Å². The molecule has 0 bridgehead atoms. The molecular formula is C24H29N5OS. The summed E-state index contributed by atoms with van der Waals surface area (Å²) in [5.74, 6) is 1.41. The van der Waals surface area contributed by atoms with Crippen LogP contribution in [0.3, 0.4) is 0 Å². The first-order valence-electron chi connectivity index (χ1n) is 10.7. The van der Waals surface area contributed by atoms with Gasteiger partial charge in [0.1, 0.15) is 0 Å². The minimum Gasteiger partial charge on any atom is -0.311 e. The third-order valence-electron chi connectivity index (χ3n) is 5.75. The molecule has 31 heavy (non-hydrogen) atoms. The van der Waals surface area contributed by atoms with Gasteiger partial charge in [0.2, 0.25) is 5.91 Å². The van der Waals surface area contributed by atoms with Crippen LogP contribution in [0.25, 0.3) is 0 Å². The molecule has 7 heteroatoms. The summed E-state index contributed by atoms with van der Waals surface area (Å²) in [6, 6.07) is 18.7. The molecule has 2 aromatic carbocycles. The van der Waals surface area contributed by atoms with E-state index >= 15 is 0 Å². The minimum atomic E-state index is 0.116. The predicted molar refractivity (Wildman–Crippen MR) is 126 cm³/mol. The molecule has 1 amide bonds. The Hall–Kier alpha value is -2.64. The van der Waals surface area contributed by atoms with Gasteiger partial charge < -0.3 is 9.47 Å². The third-order valence-corrected chi connectivity index (χ3v) is 6.70. The zero-order valence-electron chi connectivity index (χ0n) is 18.4. The minimum absolute atomic E-state index is 0.116. The van der Waals surface area contributed by atoms with Crippen molar-refractivity contribution in [3.63, 3.8) is 0 Å². The molecule has 0 radical (unpaired) electrons. The van der Waals surface area contributed by atoms with Gasteiger partial charge in [0.05, 0.1) is 18.3 Å². The molecule has 1 atom stereocenters. The second kappa shape index (κ2) is 9.66. The number of rotatable bonds is 8. The van der Waals surface area contributed by atoms with Gasteiger partial charge in [0, 0.05) is 12.2 Å². The van der Waals surface area contributed by atoms with E-state index in [9.17, 15) is 4.79 Å². The van der Waals surface area contributed by atoms with Crippen molar-refractivity contribution < 1.29 is 4.79 Å². The van der Waals surface area contributed by atoms with E-state index < -0.39 is 0 Å². The first kappa shape index (κ1) is 21.6. The van der Waals surface area contributed by atoms with Crippen molar-refractivity contribution in [2.45, 2.75) is 37.5 Å². The van der Waals surface area contributed by atoms with E-state index in [0.29, 0.717) is 12.3 Å². The number of fused-ring (bicyclic) bond motifs is 1. The fourth-order valence-corrected chi connectivity index (χ4v) is 4.97. The average Bonchev–Trinajstić information content (AvgIpc) is 3.38. The first-order valence-corrected chi connectivity index (χ1v) is 11.7. The third kappa shape index (κ3) is 4.67. The Bertz CT molecular complexity index is 1030. The number of para-hydroxylation sites is 1. The number of carbonyl (C=O) groups is 1. The second-order valence-corrected chi connectivity index (χ2v) is 8.96. The molecule has 3 aromatic rings. The molecule has 4 rings (SSSR count). The lowest BCUT2D eigenvalue weighted by molar-refractivity contribution is -0.116. The lowest BCUT2D eigenvalue weighted by Crippen LogP contribution is -2.30. The molecule has 162 valence electrons. The van der Waals surface area contributed by atoms with Crippen LogP contribution in [0.2, 0.25) is 0 Å². The smallest absolute Gasteiger partial charge is 0.237 e. The van der Waals surface area contributed by atoms with Gasteiger partial charge in [-0.25, -0.2) is 0 Å². The molecule has 0 unspecified atom stereocenters. The van der Waals surface area contributed by atoms with Gasteiger partial charge in [-0.3, -0.25) is 9.69 Å². The molecule has 0 saturated carbocycles. The van der Waals surface area contributed by atoms with E-state index in [-0.39, 0.29) is 11.9 Å². The first-order chi connectivity index (χ1) is 15.1. The standard InChI is InChI=1S/C24H29N5OS/c1-4-20(27(2)3)23-25-26-24(29(23)16-18-10-6-5-7-11-18)31-17-22(30)28-15-14-19-12-8-9-13-21(19)28/h5-13,20H,4,14-17H2,1-3H3/t20-/m0/s1. The number of thioether (sulfide) groups is 1. The number of carbonyl (C=O) groups excluding carboxylic acids is 1. The molecule has 0 N–H and O–H groups in total. The lowest BCUT2D eigenvalue weighted by Gasteiger charge is -2.23. The Balaban J connectivity index is 1.55. The Kier molecular flexibility index (Phi) is 6.73. The topological polar surface area (TPSA) is 54.3 Å². The van der Waals surface area contributed by atoms with Crippen LogP contribution in [0, 0.1) is 0 Å². The van der Waals surface area contributed by atoms with E-state index in [1.54, 1.807) is 0 Å². The van der Waals surface area contributed by atoms with Crippen molar-refractivity contribution in [2.24, 2.45) is 0 Å². The number of nitrogens with zero attached hydrogens (tertiary/aromatic N) is 5. The maximum atomic E-state index is 13.0. The van der Waals surface area contributed by atoms with Crippen molar-refractivity contribution in [3.05, 3.63) is 71.5 Å². The summed E-state index contributed by atoms with van der Waals surface area (Å²) in [5, 5.41) is 9.82. The van der Waals surface area contributed by atoms with Crippen molar-refractivity contribution in [2.75, 3.05) is 31.3 Å². The van der Waals surface area contributed by atoms with Crippen LogP contribution >= 0.6 is 11.8 Å². The van der Waals surface area contributed by atoms with Crippen molar-refractivity contribution >= 4 is 23.4 Å². The summed E-state index contributed by atoms with van der Waals surface area (Å²) in [6.45, 7) is 3.60. The number of anilines is 1. The quantitative estimate of drug-likeness (QED) is 0.500. The van der Waals surface area contributed by atoms with Crippen LogP contribution in [0.5, 0.6) is 0 Å². The highest BCUT2D eigenvalue weighted by atomic mass is 32.2. The van der Waals surface area contributed by atoms with E-state index in [0.717, 1.165) is 36.1 Å². The largest absolute Gasteiger partial charge is 0.311 e. The Morgan fingerprint density at radius 2 is 1.84 bits per heavy atom. The summed E-state index contributed by atoms with van der Waals surface area (Å²) in [7, 11) is 4.13. The molecule has 0 fully saturated rings. The number of hydrogen-bond donors (Lipinski definition) is 0. The Morgan fingerprint density at radius 3 is 2.58 bits per heavy atom. The molecular weight excluding hydrogens is 406 g/mol. The Morgan fingerprint density at radius 1 is 1.10 bits per heavy atom. The van der Waals surface area contributed by atoms with Crippen LogP contribution in [-0.4, -0.2) is 52.0 Å². The highest BCUT2D eigenvalue weighted by molar-refractivity contribution is 7.99. The van der Waals surface area contributed by atoms with Crippen LogP contribution in [-0.2, 0) is 17.8 Å². The molecule has 0 aliphatic carbocycles. The zero-order chi connectivity index (χ0) is 21.8. The maximum absolute atomic E-state index is 13.0. The summed E-state index contributed by atoms with van der Waals surface area (Å²) in [5.41, 5.74) is 3.48. The molecule has 1 aromatic heterocycles. The lowest BCUT2D eigenvalue weighted by atomic mass is 10.2. The molecule has 0 spiro atoms. The Labute approximate surface area is 188 Å². The normalized spacial score (nSPS) is 14.1. The predicted octanol–water partition coefficient (Wildman–Crippen LogP) is 4.02. The van der Waals surface area contributed by atoms with E-state index in [1.807, 2.05) is 41.3 Å². The van der Waals surface area contributed by atoms with Gasteiger partial charge in [-0.15, -0.1) is 10.2 Å². The number of benzene rings is 2. The number of aromatic nitrogens is 3. The van der Waals surface area contributed by atoms with Gasteiger partial charge in [-0.2, -0.15) is 0 Å². The van der Waals surface area contributed by atoms with E-state index in [2.05, 4.69) is 58.9 Å². The van der Waals surface area contributed by atoms with Crippen molar-refractivity contribution in [1.82, 2.24) is 19.7 Å². The van der Waals surface area contributed by atoms with Gasteiger partial charge in [-0.05, 0) is 44.1 Å². The van der Waals surface area contributed by atoms with Crippen molar-refractivity contribution in [1.29, 1.82) is 0 Å². The van der Waals surface area contributed by atoms with Crippen molar-refractivity contribution in [3.8, 4) is 0 Å². The summed E-state index contributed by atoms with van der Waals surface area (Å²) in [4.78, 5) is 17.1. The van der Waals surface area contributed by atoms with Crippen LogP contribution in [0.15, 0.2) is 59.8 Å². The summed E-state index contributed by atoms with van der Waals surface area (Å²) >= 11 is 1.48. The van der Waals surface area contributed by atoms with E-state index in [4.69, 9.17) is 0 Å². The highest BCUT2D eigenvalue weighted by Crippen LogP contribution is 2.30.